The Balaban J connectivity index is 1.29. The van der Waals surface area contributed by atoms with Gasteiger partial charge >= 0.3 is 0 Å². The lowest BCUT2D eigenvalue weighted by Gasteiger charge is -2.39. The third-order valence-corrected chi connectivity index (χ3v) is 6.13. The average Bonchev–Trinajstić information content (AvgIpc) is 3.17. The molecule has 5 rings (SSSR count). The average molecular weight is 396 g/mol. The minimum Gasteiger partial charge on any atom is -0.324 e. The molecule has 0 atom stereocenters. The van der Waals surface area contributed by atoms with E-state index in [-0.39, 0.29) is 0 Å². The normalized spacial score (nSPS) is 15.8. The van der Waals surface area contributed by atoms with Crippen LogP contribution in [0.3, 0.4) is 0 Å². The molecule has 151 valence electrons. The van der Waals surface area contributed by atoms with Gasteiger partial charge in [0.05, 0.1) is 17.1 Å². The molecule has 0 amide bonds. The van der Waals surface area contributed by atoms with Crippen LogP contribution in [0.5, 0.6) is 0 Å². The largest absolute Gasteiger partial charge is 0.324 e. The first kappa shape index (κ1) is 19.0. The zero-order chi connectivity index (χ0) is 20.3. The molecule has 0 saturated carbocycles. The number of rotatable bonds is 5. The van der Waals surface area contributed by atoms with Gasteiger partial charge in [-0.1, -0.05) is 66.7 Å². The van der Waals surface area contributed by atoms with Crippen molar-refractivity contribution in [1.29, 1.82) is 0 Å². The van der Waals surface area contributed by atoms with Crippen LogP contribution in [0.15, 0.2) is 78.9 Å². The van der Waals surface area contributed by atoms with Crippen LogP contribution >= 0.6 is 0 Å². The van der Waals surface area contributed by atoms with Crippen LogP contribution in [-0.4, -0.2) is 45.5 Å². The van der Waals surface area contributed by atoms with Crippen LogP contribution in [-0.2, 0) is 13.6 Å². The monoisotopic (exact) mass is 395 g/mol. The van der Waals surface area contributed by atoms with E-state index >= 15 is 0 Å². The van der Waals surface area contributed by atoms with E-state index in [1.54, 1.807) is 0 Å². The molecule has 0 bridgehead atoms. The fourth-order valence-corrected chi connectivity index (χ4v) is 4.55. The molecule has 1 fully saturated rings. The molecular formula is C26H27N4. The zero-order valence-electron chi connectivity index (χ0n) is 17.4. The summed E-state index contributed by atoms with van der Waals surface area (Å²) in [7, 11) is 1.99. The molecule has 0 unspecified atom stereocenters. The Morgan fingerprint density at radius 1 is 0.833 bits per heavy atom. The van der Waals surface area contributed by atoms with Crippen LogP contribution in [0, 0.1) is 6.33 Å². The molecule has 0 N–H and O–H groups in total. The van der Waals surface area contributed by atoms with E-state index in [0.29, 0.717) is 6.04 Å². The van der Waals surface area contributed by atoms with E-state index in [1.807, 2.05) is 11.6 Å². The molecule has 4 nitrogen and oxygen atoms in total. The minimum atomic E-state index is 0.315. The highest BCUT2D eigenvalue weighted by Gasteiger charge is 2.26. The van der Waals surface area contributed by atoms with Crippen molar-refractivity contribution in [1.82, 2.24) is 19.4 Å². The van der Waals surface area contributed by atoms with E-state index in [0.717, 1.165) is 43.8 Å². The van der Waals surface area contributed by atoms with E-state index in [1.165, 1.54) is 16.7 Å². The quantitative estimate of drug-likeness (QED) is 0.504. The number of aryl methyl sites for hydroxylation is 1. The summed E-state index contributed by atoms with van der Waals surface area (Å²) in [6, 6.07) is 28.7. The molecule has 0 aliphatic carbocycles. The van der Waals surface area contributed by atoms with Gasteiger partial charge in [-0.05, 0) is 28.8 Å². The van der Waals surface area contributed by atoms with Crippen LogP contribution < -0.4 is 0 Å². The Hall–Kier alpha value is -2.95. The van der Waals surface area contributed by atoms with Gasteiger partial charge in [0.1, 0.15) is 0 Å². The first-order valence-electron chi connectivity index (χ1n) is 10.7. The first-order chi connectivity index (χ1) is 14.8. The Labute approximate surface area is 178 Å². The minimum absolute atomic E-state index is 0.315. The van der Waals surface area contributed by atoms with Gasteiger partial charge in [-0.2, -0.15) is 0 Å². The molecule has 0 spiro atoms. The van der Waals surface area contributed by atoms with Gasteiger partial charge in [0.15, 0.2) is 6.33 Å². The van der Waals surface area contributed by atoms with Crippen molar-refractivity contribution >= 4 is 11.0 Å². The van der Waals surface area contributed by atoms with Crippen molar-refractivity contribution in [3.63, 3.8) is 0 Å². The Morgan fingerprint density at radius 3 is 2.10 bits per heavy atom. The Morgan fingerprint density at radius 2 is 1.47 bits per heavy atom. The van der Waals surface area contributed by atoms with Gasteiger partial charge < -0.3 is 4.57 Å². The molecule has 2 heterocycles. The van der Waals surface area contributed by atoms with Gasteiger partial charge in [-0.3, -0.25) is 9.80 Å². The van der Waals surface area contributed by atoms with E-state index in [9.17, 15) is 0 Å². The lowest BCUT2D eigenvalue weighted by Crippen LogP contribution is -2.47. The maximum absolute atomic E-state index is 4.39. The van der Waals surface area contributed by atoms with Crippen molar-refractivity contribution in [2.75, 3.05) is 26.2 Å². The first-order valence-corrected chi connectivity index (χ1v) is 10.7. The van der Waals surface area contributed by atoms with E-state index in [2.05, 4.69) is 100.0 Å². The molecule has 4 heteroatoms. The standard InChI is InChI=1S/C26H27N4/c1-28-20-27-24-18-21(12-13-25(24)28)19-29-14-16-30(17-15-29)26(22-8-4-2-5-9-22)23-10-6-3-7-11-23/h2-13,18,26H,14-17,19H2,1H3. The van der Waals surface area contributed by atoms with Crippen molar-refractivity contribution in [2.24, 2.45) is 7.05 Å². The third kappa shape index (κ3) is 3.89. The summed E-state index contributed by atoms with van der Waals surface area (Å²) in [6.07, 6.45) is 3.00. The van der Waals surface area contributed by atoms with Crippen LogP contribution in [0.25, 0.3) is 11.0 Å². The van der Waals surface area contributed by atoms with E-state index in [4.69, 9.17) is 0 Å². The van der Waals surface area contributed by atoms with Crippen molar-refractivity contribution in [2.45, 2.75) is 12.6 Å². The molecule has 4 aromatic rings. The predicted molar refractivity (Wildman–Crippen MR) is 121 cm³/mol. The Bertz CT molecular complexity index is 1060. The maximum atomic E-state index is 4.39. The number of nitrogens with zero attached hydrogens (tertiary/aromatic N) is 4. The fourth-order valence-electron chi connectivity index (χ4n) is 4.55. The SMILES string of the molecule is Cn1[c]nc2cc(CN3CCN(C(c4ccccc4)c4ccccc4)CC3)ccc21. The molecule has 1 aliphatic heterocycles. The molecule has 1 saturated heterocycles. The highest BCUT2D eigenvalue weighted by Crippen LogP contribution is 2.29. The van der Waals surface area contributed by atoms with Gasteiger partial charge in [0, 0.05) is 39.8 Å². The summed E-state index contributed by atoms with van der Waals surface area (Å²) in [6.45, 7) is 5.24. The zero-order valence-corrected chi connectivity index (χ0v) is 17.4. The van der Waals surface area contributed by atoms with Gasteiger partial charge in [-0.25, -0.2) is 4.98 Å². The van der Waals surface area contributed by atoms with Crippen molar-refractivity contribution < 1.29 is 0 Å². The highest BCUT2D eigenvalue weighted by molar-refractivity contribution is 5.75. The van der Waals surface area contributed by atoms with Gasteiger partial charge in [0.25, 0.3) is 0 Å². The van der Waals surface area contributed by atoms with Crippen molar-refractivity contribution in [3.05, 3.63) is 102 Å². The van der Waals surface area contributed by atoms with Crippen LogP contribution in [0.2, 0.25) is 0 Å². The number of aromatic nitrogens is 2. The summed E-state index contributed by atoms with van der Waals surface area (Å²) in [5.41, 5.74) is 6.23. The maximum Gasteiger partial charge on any atom is 0.177 e. The van der Waals surface area contributed by atoms with Crippen LogP contribution in [0.1, 0.15) is 22.7 Å². The summed E-state index contributed by atoms with van der Waals surface area (Å²) in [5, 5.41) is 0. The summed E-state index contributed by atoms with van der Waals surface area (Å²) < 4.78 is 1.95. The smallest absolute Gasteiger partial charge is 0.177 e. The number of hydrogen-bond acceptors (Lipinski definition) is 3. The summed E-state index contributed by atoms with van der Waals surface area (Å²) >= 11 is 0. The lowest BCUT2D eigenvalue weighted by atomic mass is 9.96. The fraction of sp³-hybridized carbons (Fsp3) is 0.269. The topological polar surface area (TPSA) is 24.3 Å². The summed E-state index contributed by atoms with van der Waals surface area (Å²) in [4.78, 5) is 9.56. The van der Waals surface area contributed by atoms with Gasteiger partial charge in [0.2, 0.25) is 0 Å². The third-order valence-electron chi connectivity index (χ3n) is 6.13. The number of hydrogen-bond donors (Lipinski definition) is 0. The second-order valence-corrected chi connectivity index (χ2v) is 8.13. The molecule has 1 radical (unpaired) electrons. The predicted octanol–water partition coefficient (Wildman–Crippen LogP) is 4.28. The van der Waals surface area contributed by atoms with Crippen molar-refractivity contribution in [3.8, 4) is 0 Å². The highest BCUT2D eigenvalue weighted by atomic mass is 15.3. The Kier molecular flexibility index (Phi) is 5.35. The molecule has 3 aromatic carbocycles. The molecule has 1 aromatic heterocycles. The van der Waals surface area contributed by atoms with Crippen LogP contribution in [0.4, 0.5) is 0 Å². The molecular weight excluding hydrogens is 368 g/mol. The van der Waals surface area contributed by atoms with E-state index < -0.39 is 0 Å². The summed E-state index contributed by atoms with van der Waals surface area (Å²) in [5.74, 6) is 0. The molecule has 1 aliphatic rings. The second kappa shape index (κ2) is 8.42. The number of benzene rings is 3. The number of piperazine rings is 1. The van der Waals surface area contributed by atoms with Gasteiger partial charge in [-0.15, -0.1) is 0 Å². The number of imidazole rings is 1. The lowest BCUT2D eigenvalue weighted by molar-refractivity contribution is 0.105. The molecule has 30 heavy (non-hydrogen) atoms. The number of fused-ring (bicyclic) bond motifs is 1. The second-order valence-electron chi connectivity index (χ2n) is 8.13.